The van der Waals surface area contributed by atoms with Crippen molar-refractivity contribution in [1.29, 1.82) is 0 Å². The number of amides is 15. The number of primary amides is 2. The molecule has 0 aliphatic rings. The van der Waals surface area contributed by atoms with Crippen LogP contribution >= 0.6 is 0 Å². The van der Waals surface area contributed by atoms with Crippen molar-refractivity contribution in [3.8, 4) is 0 Å². The number of unbranched alkanes of at least 4 members (excludes halogenated alkanes) is 5. The molecule has 15 atom stereocenters. The van der Waals surface area contributed by atoms with E-state index in [1.807, 2.05) is 27.7 Å². The number of hydrogen-bond donors (Lipinski definition) is 21. The van der Waals surface area contributed by atoms with Crippen LogP contribution in [-0.4, -0.2) is 205 Å². The maximum Gasteiger partial charge on any atom is 0.245 e. The second-order valence-electron chi connectivity index (χ2n) is 32.2. The third-order valence-electron chi connectivity index (χ3n) is 19.4. The highest BCUT2D eigenvalue weighted by Gasteiger charge is 2.40. The SMILES string of the molecule is CC[C@H](C)[C@H](N)C(=O)N[C@@H](CC(N)=O)C(=O)N[C@@H](CC(C)C)C(=O)N[C@@H](CCCCN)C(=O)N[C@@H](CCCCN)C(=O)N[C@@H](CC(C)C)C(=O)N[C@@H](C)C(=O)N[C@@H](CCCCN)C(=O)N[C@@H](CC(C)C)C(=O)NC(C)(C)C(=O)N[C@@H](CCCCN)C(=O)N[C@@H](CCCCN)C(=O)N[C@H](C(=O)N[C@@H](CC(C)C)C(N)=O)[C@@H](C)CC. The zero-order chi connectivity index (χ0) is 86.4. The highest BCUT2D eigenvalue weighted by Crippen LogP contribution is 2.18. The lowest BCUT2D eigenvalue weighted by Crippen LogP contribution is -2.63. The lowest BCUT2D eigenvalue weighted by atomic mass is 9.96. The van der Waals surface area contributed by atoms with E-state index in [4.69, 9.17) is 45.9 Å². The topological polar surface area (TPSA) is 621 Å². The Balaban J connectivity index is 7.01. The summed E-state index contributed by atoms with van der Waals surface area (Å²) in [5, 5.41) is 35.1. The molecular formula is C77H147N21O15. The van der Waals surface area contributed by atoms with Crippen LogP contribution < -0.4 is 115 Å². The summed E-state index contributed by atoms with van der Waals surface area (Å²) in [6.07, 6.45) is 4.99. The summed E-state index contributed by atoms with van der Waals surface area (Å²) in [6.45, 7) is 27.1. The van der Waals surface area contributed by atoms with Crippen molar-refractivity contribution in [3.63, 3.8) is 0 Å². The molecule has 0 aliphatic heterocycles. The molecule has 650 valence electrons. The summed E-state index contributed by atoms with van der Waals surface area (Å²) >= 11 is 0. The van der Waals surface area contributed by atoms with Crippen molar-refractivity contribution in [1.82, 2.24) is 69.1 Å². The fourth-order valence-electron chi connectivity index (χ4n) is 12.1. The molecule has 0 saturated carbocycles. The van der Waals surface area contributed by atoms with E-state index in [2.05, 4.69) is 69.1 Å². The number of nitrogens with two attached hydrogens (primary N) is 8. The summed E-state index contributed by atoms with van der Waals surface area (Å²) in [5.74, 6) is -13.1. The van der Waals surface area contributed by atoms with Crippen LogP contribution in [0.3, 0.4) is 0 Å². The van der Waals surface area contributed by atoms with Crippen molar-refractivity contribution in [3.05, 3.63) is 0 Å². The second kappa shape index (κ2) is 56.1. The van der Waals surface area contributed by atoms with Gasteiger partial charge in [0.2, 0.25) is 88.6 Å². The van der Waals surface area contributed by atoms with Gasteiger partial charge in [0.1, 0.15) is 78.0 Å². The number of carbonyl (C=O) groups excluding carboxylic acids is 15. The van der Waals surface area contributed by atoms with E-state index in [1.54, 1.807) is 55.4 Å². The Labute approximate surface area is 670 Å². The monoisotopic (exact) mass is 1610 g/mol. The molecule has 0 aliphatic carbocycles. The summed E-state index contributed by atoms with van der Waals surface area (Å²) in [6, 6.07) is -16.3. The molecule has 0 aromatic heterocycles. The molecule has 0 aromatic carbocycles. The van der Waals surface area contributed by atoms with E-state index >= 15 is 0 Å². The molecule has 15 amide bonds. The summed E-state index contributed by atoms with van der Waals surface area (Å²) in [4.78, 5) is 209. The molecule has 29 N–H and O–H groups in total. The fraction of sp³-hybridized carbons (Fsp3) is 0.805. The van der Waals surface area contributed by atoms with E-state index in [-0.39, 0.29) is 120 Å². The van der Waals surface area contributed by atoms with Gasteiger partial charge in [-0.3, -0.25) is 71.9 Å². The number of hydrogen-bond acceptors (Lipinski definition) is 21. The van der Waals surface area contributed by atoms with Gasteiger partial charge in [0.25, 0.3) is 0 Å². The Bertz CT molecular complexity index is 3000. The van der Waals surface area contributed by atoms with E-state index in [9.17, 15) is 71.9 Å². The van der Waals surface area contributed by atoms with Crippen LogP contribution in [0.5, 0.6) is 0 Å². The quantitative estimate of drug-likeness (QED) is 0.0303. The Morgan fingerprint density at radius 1 is 0.301 bits per heavy atom. The zero-order valence-electron chi connectivity index (χ0n) is 70.3. The predicted octanol–water partition coefficient (Wildman–Crippen LogP) is -1.67. The average Bonchev–Trinajstić information content (AvgIpc) is 0.831. The third kappa shape index (κ3) is 42.1. The van der Waals surface area contributed by atoms with Crippen LogP contribution in [0.1, 0.15) is 245 Å². The Kier molecular flexibility index (Phi) is 52.1. The largest absolute Gasteiger partial charge is 0.370 e. The van der Waals surface area contributed by atoms with Gasteiger partial charge in [0, 0.05) is 0 Å². The van der Waals surface area contributed by atoms with Gasteiger partial charge >= 0.3 is 0 Å². The maximum atomic E-state index is 14.5. The van der Waals surface area contributed by atoms with Crippen molar-refractivity contribution in [2.75, 3.05) is 32.7 Å². The number of rotatable bonds is 61. The maximum absolute atomic E-state index is 14.5. The van der Waals surface area contributed by atoms with E-state index in [0.717, 1.165) is 0 Å². The van der Waals surface area contributed by atoms with Crippen LogP contribution in [0, 0.1) is 35.5 Å². The molecule has 0 aromatic rings. The average molecular weight is 1610 g/mol. The molecule has 0 spiro atoms. The van der Waals surface area contributed by atoms with Gasteiger partial charge in [-0.25, -0.2) is 0 Å². The van der Waals surface area contributed by atoms with Crippen LogP contribution in [0.15, 0.2) is 0 Å². The predicted molar refractivity (Wildman–Crippen MR) is 433 cm³/mol. The first kappa shape index (κ1) is 105. The van der Waals surface area contributed by atoms with Crippen molar-refractivity contribution in [2.24, 2.45) is 81.4 Å². The smallest absolute Gasteiger partial charge is 0.245 e. The molecule has 0 saturated heterocycles. The Hall–Kier alpha value is -8.19. The fourth-order valence-corrected chi connectivity index (χ4v) is 12.1. The van der Waals surface area contributed by atoms with Gasteiger partial charge in [-0.05, 0) is 211 Å². The Morgan fingerprint density at radius 2 is 0.575 bits per heavy atom. The molecule has 0 rings (SSSR count). The van der Waals surface area contributed by atoms with Crippen molar-refractivity contribution < 1.29 is 71.9 Å². The van der Waals surface area contributed by atoms with Gasteiger partial charge in [-0.15, -0.1) is 0 Å². The van der Waals surface area contributed by atoms with E-state index in [1.165, 1.54) is 20.8 Å². The van der Waals surface area contributed by atoms with Crippen LogP contribution in [0.2, 0.25) is 0 Å². The molecule has 0 bridgehead atoms. The van der Waals surface area contributed by atoms with Gasteiger partial charge in [0.05, 0.1) is 12.5 Å². The van der Waals surface area contributed by atoms with E-state index < -0.39 is 185 Å². The summed E-state index contributed by atoms with van der Waals surface area (Å²) in [5.41, 5.74) is 44.7. The highest BCUT2D eigenvalue weighted by molar-refractivity contribution is 6.01. The first-order valence-electron chi connectivity index (χ1n) is 40.8. The van der Waals surface area contributed by atoms with Gasteiger partial charge in [-0.1, -0.05) is 95.9 Å². The molecule has 0 fully saturated rings. The first-order chi connectivity index (χ1) is 53.0. The molecule has 36 heteroatoms. The standard InChI is InChI=1S/C77H147N21O15/c1-16-47(11)61(84)74(111)95-59(42-60(83)99)72(109)93-57(40-45(7)8)71(108)90-51(29-19-24-34-79)65(102)88-52(30-20-25-35-80)67(104)92-56(39-44(5)6)70(107)86-49(13)64(101)87-50(28-18-23-33-78)66(103)94-58(41-46(9)10)73(110)98-77(14,15)76(113)96-54(32-22-27-37-82)68(105)89-53(31-21-26-36-81)69(106)97-62(48(12)17-2)75(112)91-55(63(85)100)38-43(3)4/h43-59,61-62H,16-42,78-82,84H2,1-15H3,(H2,83,99)(H2,85,100)(H,86,107)(H,87,101)(H,88,102)(H,89,105)(H,90,108)(H,91,112)(H,92,104)(H,93,109)(H,94,103)(H,95,111)(H,96,113)(H,97,106)(H,98,110)/t47-,48-,49-,50-,51-,52-,53-,54-,55-,56-,57-,58-,59-,61-,62-/m0/s1. The minimum absolute atomic E-state index is 0.000841. The normalized spacial score (nSPS) is 15.6. The summed E-state index contributed by atoms with van der Waals surface area (Å²) in [7, 11) is 0. The van der Waals surface area contributed by atoms with Crippen LogP contribution in [0.4, 0.5) is 0 Å². The molecule has 36 nitrogen and oxygen atoms in total. The third-order valence-corrected chi connectivity index (χ3v) is 19.4. The molecule has 0 radical (unpaired) electrons. The molecule has 0 heterocycles. The van der Waals surface area contributed by atoms with Gasteiger partial charge in [0.15, 0.2) is 0 Å². The van der Waals surface area contributed by atoms with Crippen molar-refractivity contribution in [2.45, 2.75) is 329 Å². The minimum atomic E-state index is -1.77. The second-order valence-corrected chi connectivity index (χ2v) is 32.2. The van der Waals surface area contributed by atoms with Crippen LogP contribution in [0.25, 0.3) is 0 Å². The van der Waals surface area contributed by atoms with Gasteiger partial charge in [-0.2, -0.15) is 0 Å². The number of carbonyl (C=O) groups is 15. The number of nitrogens with one attached hydrogen (secondary N) is 13. The molecule has 113 heavy (non-hydrogen) atoms. The summed E-state index contributed by atoms with van der Waals surface area (Å²) < 4.78 is 0. The lowest BCUT2D eigenvalue weighted by Gasteiger charge is -2.32. The lowest BCUT2D eigenvalue weighted by molar-refractivity contribution is -0.138. The van der Waals surface area contributed by atoms with Gasteiger partial charge < -0.3 is 115 Å². The van der Waals surface area contributed by atoms with Crippen molar-refractivity contribution >= 4 is 88.6 Å². The van der Waals surface area contributed by atoms with E-state index in [0.29, 0.717) is 77.0 Å². The zero-order valence-corrected chi connectivity index (χ0v) is 70.3. The molecule has 0 unspecified atom stereocenters. The van der Waals surface area contributed by atoms with Crippen LogP contribution in [-0.2, 0) is 71.9 Å². The minimum Gasteiger partial charge on any atom is -0.370 e. The highest BCUT2D eigenvalue weighted by atomic mass is 16.2. The Morgan fingerprint density at radius 3 is 0.903 bits per heavy atom. The molecular weight excluding hydrogens is 1460 g/mol. The first-order valence-corrected chi connectivity index (χ1v) is 40.8.